The molecule has 58 heavy (non-hydrogen) atoms. The van der Waals surface area contributed by atoms with Gasteiger partial charge < -0.3 is 38.9 Å². The number of nitrogens with one attached hydrogen (secondary N) is 2. The largest absolute Gasteiger partial charge is 0.488 e. The molecule has 4 aliphatic rings. The zero-order chi connectivity index (χ0) is 40.9. The summed E-state index contributed by atoms with van der Waals surface area (Å²) in [4.78, 5) is 56.0. The van der Waals surface area contributed by atoms with Crippen LogP contribution in [0.1, 0.15) is 76.9 Å². The Morgan fingerprint density at radius 1 is 1.05 bits per heavy atom. The molecule has 0 aliphatic carbocycles. The highest BCUT2D eigenvalue weighted by atomic mass is 16.6. The number of aromatic nitrogens is 2. The van der Waals surface area contributed by atoms with Crippen LogP contribution in [0.3, 0.4) is 0 Å². The van der Waals surface area contributed by atoms with Gasteiger partial charge in [-0.05, 0) is 105 Å². The number of methoxy groups -OCH3 is 2. The van der Waals surface area contributed by atoms with Crippen molar-refractivity contribution in [1.29, 1.82) is 0 Å². The first-order valence-corrected chi connectivity index (χ1v) is 20.1. The third kappa shape index (κ3) is 7.50. The Kier molecular flexibility index (Phi) is 10.7. The van der Waals surface area contributed by atoms with E-state index in [9.17, 15) is 14.4 Å². The van der Waals surface area contributed by atoms with Gasteiger partial charge in [-0.2, -0.15) is 0 Å². The summed E-state index contributed by atoms with van der Waals surface area (Å²) in [6, 6.07) is 13.5. The third-order valence-corrected chi connectivity index (χ3v) is 11.6. The van der Waals surface area contributed by atoms with E-state index < -0.39 is 23.8 Å². The molecule has 8 rings (SSSR count). The van der Waals surface area contributed by atoms with Crippen LogP contribution in [0, 0.1) is 0 Å². The van der Waals surface area contributed by atoms with Crippen molar-refractivity contribution in [3.63, 3.8) is 0 Å². The van der Waals surface area contributed by atoms with E-state index in [-0.39, 0.29) is 30.2 Å². The van der Waals surface area contributed by atoms with E-state index in [2.05, 4.69) is 52.8 Å². The minimum atomic E-state index is -0.900. The van der Waals surface area contributed by atoms with Gasteiger partial charge in [-0.1, -0.05) is 18.2 Å². The van der Waals surface area contributed by atoms with Gasteiger partial charge in [-0.3, -0.25) is 14.7 Å². The van der Waals surface area contributed by atoms with E-state index in [1.807, 2.05) is 27.7 Å². The number of carbonyl (C=O) groups is 3. The van der Waals surface area contributed by atoms with E-state index in [0.717, 1.165) is 74.3 Å². The number of ether oxygens (including phenoxy) is 5. The minimum absolute atomic E-state index is 0.0723. The molecule has 0 unspecified atom stereocenters. The summed E-state index contributed by atoms with van der Waals surface area (Å²) in [7, 11) is 2.77. The predicted molar refractivity (Wildman–Crippen MR) is 218 cm³/mol. The number of aliphatic imine (C=N–C) groups is 1. The number of likely N-dealkylation sites (tertiary alicyclic amines) is 2. The number of hydrogen-bond acceptors (Lipinski definition) is 10. The zero-order valence-electron chi connectivity index (χ0n) is 34.2. The highest BCUT2D eigenvalue weighted by Crippen LogP contribution is 2.45. The lowest BCUT2D eigenvalue weighted by Crippen LogP contribution is -2.54. The number of rotatable bonds is 9. The van der Waals surface area contributed by atoms with Crippen LogP contribution in [0.25, 0.3) is 33.2 Å². The first-order chi connectivity index (χ1) is 27.8. The molecule has 5 heterocycles. The molecule has 4 aromatic rings. The van der Waals surface area contributed by atoms with Crippen LogP contribution in [-0.2, 0) is 36.8 Å². The van der Waals surface area contributed by atoms with Crippen LogP contribution in [0.15, 0.2) is 53.7 Å². The van der Waals surface area contributed by atoms with Gasteiger partial charge >= 0.3 is 12.2 Å². The Morgan fingerprint density at radius 3 is 2.64 bits per heavy atom. The number of nitrogens with zero attached hydrogens (tertiary/aromatic N) is 4. The summed E-state index contributed by atoms with van der Waals surface area (Å²) in [5, 5.41) is 4.82. The number of fused-ring (bicyclic) bond motifs is 6. The molecule has 2 fully saturated rings. The zero-order valence-corrected chi connectivity index (χ0v) is 34.2. The Hall–Kier alpha value is -5.47. The SMILES string of the molecule is CCO[C@H]1C[C@@H](C2=Nc3ccc4cc5c(cc4c3C2)OCc2cc(-c3cnc([C@@H]4CCCN4C(=O)[C@@H](NC(=O)OC)[C@@H](C)OC)[nH]3)ccc2-5)N(C(=O)OC(C)(C)C)C1. The lowest BCUT2D eigenvalue weighted by Gasteiger charge is -2.30. The smallest absolute Gasteiger partial charge is 0.410 e. The van der Waals surface area contributed by atoms with E-state index in [1.54, 1.807) is 22.9 Å². The van der Waals surface area contributed by atoms with Gasteiger partial charge in [0.25, 0.3) is 0 Å². The van der Waals surface area contributed by atoms with Gasteiger partial charge in [-0.15, -0.1) is 0 Å². The molecule has 0 bridgehead atoms. The normalized spacial score (nSPS) is 20.8. The quantitative estimate of drug-likeness (QED) is 0.178. The van der Waals surface area contributed by atoms with Crippen LogP contribution >= 0.6 is 0 Å². The second-order valence-corrected chi connectivity index (χ2v) is 16.5. The van der Waals surface area contributed by atoms with Crippen molar-refractivity contribution in [1.82, 2.24) is 25.1 Å². The molecular formula is C44H52N6O8. The molecule has 4 aliphatic heterocycles. The number of carbonyl (C=O) groups excluding carboxylic acids is 3. The summed E-state index contributed by atoms with van der Waals surface area (Å²) < 4.78 is 28.4. The Morgan fingerprint density at radius 2 is 1.88 bits per heavy atom. The molecule has 3 aromatic carbocycles. The van der Waals surface area contributed by atoms with Gasteiger partial charge in [0.05, 0.1) is 55.5 Å². The number of benzene rings is 3. The topological polar surface area (TPSA) is 157 Å². The number of amides is 3. The first-order valence-electron chi connectivity index (χ1n) is 20.1. The Labute approximate surface area is 338 Å². The van der Waals surface area contributed by atoms with E-state index >= 15 is 0 Å². The number of hydrogen-bond donors (Lipinski definition) is 2. The first kappa shape index (κ1) is 39.4. The van der Waals surface area contributed by atoms with Crippen LogP contribution in [0.2, 0.25) is 0 Å². The van der Waals surface area contributed by atoms with Gasteiger partial charge in [-0.25, -0.2) is 14.6 Å². The molecule has 2 saturated heterocycles. The molecule has 3 amide bonds. The molecule has 0 spiro atoms. The molecule has 1 aromatic heterocycles. The van der Waals surface area contributed by atoms with Crippen molar-refractivity contribution in [3.05, 3.63) is 65.6 Å². The molecule has 14 nitrogen and oxygen atoms in total. The van der Waals surface area contributed by atoms with Crippen molar-refractivity contribution in [2.75, 3.05) is 33.9 Å². The fourth-order valence-corrected chi connectivity index (χ4v) is 8.73. The van der Waals surface area contributed by atoms with Crippen molar-refractivity contribution in [3.8, 4) is 28.1 Å². The second kappa shape index (κ2) is 15.7. The average Bonchev–Trinajstić information content (AvgIpc) is 4.04. The van der Waals surface area contributed by atoms with Crippen molar-refractivity contribution >= 4 is 40.3 Å². The number of aromatic amines is 1. The standard InChI is InChI=1S/C44H52N6O8/c1-8-56-28-18-37(50(22-28)43(53)58-44(3,4)5)34-19-31-30-20-38-32(17-25(30)12-14-33(31)46-34)29-13-11-26(16-27(29)23-57-38)35-21-45-40(47-35)36-10-9-15-49(36)41(51)39(24(2)54-6)48-42(52)55-7/h11-14,16-17,20-21,24,28,36-37,39H,8-10,15,18-19,22-23H2,1-7H3,(H,45,47)(H,48,52)/t24-,28+,36+,37+,39+/m1/s1. The third-order valence-electron chi connectivity index (χ3n) is 11.6. The van der Waals surface area contributed by atoms with Gasteiger partial charge in [0.1, 0.15) is 29.8 Å². The van der Waals surface area contributed by atoms with Crippen LogP contribution in [0.4, 0.5) is 15.3 Å². The lowest BCUT2D eigenvalue weighted by molar-refractivity contribution is -0.137. The molecule has 0 saturated carbocycles. The summed E-state index contributed by atoms with van der Waals surface area (Å²) in [5.41, 5.74) is 7.37. The summed E-state index contributed by atoms with van der Waals surface area (Å²) >= 11 is 0. The maximum absolute atomic E-state index is 13.7. The van der Waals surface area contributed by atoms with Crippen molar-refractivity contribution in [2.24, 2.45) is 4.99 Å². The van der Waals surface area contributed by atoms with Crippen LogP contribution in [-0.4, -0.2) is 107 Å². The maximum atomic E-state index is 13.7. The highest BCUT2D eigenvalue weighted by Gasteiger charge is 2.42. The molecule has 14 heteroatoms. The van der Waals surface area contributed by atoms with E-state index in [4.69, 9.17) is 33.7 Å². The monoisotopic (exact) mass is 792 g/mol. The summed E-state index contributed by atoms with van der Waals surface area (Å²) in [5.74, 6) is 1.26. The van der Waals surface area contributed by atoms with Crippen LogP contribution in [0.5, 0.6) is 5.75 Å². The number of alkyl carbamates (subject to hydrolysis) is 1. The number of imidazole rings is 1. The molecule has 2 N–H and O–H groups in total. The molecular weight excluding hydrogens is 741 g/mol. The van der Waals surface area contributed by atoms with Gasteiger partial charge in [0.2, 0.25) is 5.91 Å². The Bertz CT molecular complexity index is 2280. The van der Waals surface area contributed by atoms with Gasteiger partial charge in [0.15, 0.2) is 0 Å². The molecule has 306 valence electrons. The Balaban J connectivity index is 1.01. The van der Waals surface area contributed by atoms with E-state index in [1.165, 1.54) is 14.2 Å². The maximum Gasteiger partial charge on any atom is 0.410 e. The highest BCUT2D eigenvalue weighted by molar-refractivity contribution is 6.06. The summed E-state index contributed by atoms with van der Waals surface area (Å²) in [6.07, 6.45) is 3.00. The van der Waals surface area contributed by atoms with E-state index in [0.29, 0.717) is 45.0 Å². The minimum Gasteiger partial charge on any atom is -0.488 e. The van der Waals surface area contributed by atoms with Gasteiger partial charge in [0, 0.05) is 44.4 Å². The molecule has 5 atom stereocenters. The predicted octanol–water partition coefficient (Wildman–Crippen LogP) is 7.26. The summed E-state index contributed by atoms with van der Waals surface area (Å²) in [6.45, 7) is 11.4. The van der Waals surface area contributed by atoms with Crippen molar-refractivity contribution in [2.45, 2.75) is 103 Å². The average molecular weight is 793 g/mol. The lowest BCUT2D eigenvalue weighted by atomic mass is 9.91. The fourth-order valence-electron chi connectivity index (χ4n) is 8.73. The fraction of sp³-hybridized carbons (Fsp3) is 0.477. The molecule has 0 radical (unpaired) electrons. The second-order valence-electron chi connectivity index (χ2n) is 16.5. The number of H-pyrrole nitrogens is 1. The van der Waals surface area contributed by atoms with Crippen molar-refractivity contribution < 1.29 is 38.1 Å². The van der Waals surface area contributed by atoms with Crippen LogP contribution < -0.4 is 10.1 Å².